The molecule has 0 aliphatic carbocycles. The molecule has 2 aliphatic heterocycles. The largest absolute Gasteiger partial charge is 0.456 e. The van der Waals surface area contributed by atoms with E-state index in [4.69, 9.17) is 4.74 Å². The van der Waals surface area contributed by atoms with Gasteiger partial charge < -0.3 is 10.1 Å². The molecule has 0 fully saturated rings. The second-order valence-corrected chi connectivity index (χ2v) is 5.47. The summed E-state index contributed by atoms with van der Waals surface area (Å²) in [6.45, 7) is 3.27. The summed E-state index contributed by atoms with van der Waals surface area (Å²) in [4.78, 5) is 34.7. The van der Waals surface area contributed by atoms with Crippen LogP contribution in [0.5, 0.6) is 0 Å². The highest BCUT2D eigenvalue weighted by Crippen LogP contribution is 2.41. The standard InChI is InChI=1S/C16H14N2O5/c1-8-13(9(2)19)14(15-12(17-8)7-23-16(15)20)10-4-3-5-11(6-10)18(21)22/h3-6,14,17H,7H2,1-2H3. The van der Waals surface area contributed by atoms with Crippen molar-refractivity contribution in [3.8, 4) is 0 Å². The topological polar surface area (TPSA) is 98.5 Å². The summed E-state index contributed by atoms with van der Waals surface area (Å²) >= 11 is 0. The molecule has 2 heterocycles. The Bertz CT molecular complexity index is 804. The van der Waals surface area contributed by atoms with Crippen molar-refractivity contribution in [1.29, 1.82) is 0 Å². The van der Waals surface area contributed by atoms with E-state index in [0.717, 1.165) is 0 Å². The van der Waals surface area contributed by atoms with Gasteiger partial charge in [0, 0.05) is 29.3 Å². The Morgan fingerprint density at radius 1 is 1.43 bits per heavy atom. The highest BCUT2D eigenvalue weighted by Gasteiger charge is 2.40. The van der Waals surface area contributed by atoms with E-state index in [1.165, 1.54) is 19.1 Å². The van der Waals surface area contributed by atoms with Gasteiger partial charge in [-0.25, -0.2) is 4.79 Å². The van der Waals surface area contributed by atoms with Crippen molar-refractivity contribution in [1.82, 2.24) is 5.32 Å². The predicted molar refractivity (Wildman–Crippen MR) is 80.3 cm³/mol. The van der Waals surface area contributed by atoms with Crippen molar-refractivity contribution in [2.24, 2.45) is 0 Å². The molecule has 0 saturated carbocycles. The van der Waals surface area contributed by atoms with Crippen LogP contribution in [0.4, 0.5) is 5.69 Å². The lowest BCUT2D eigenvalue weighted by Crippen LogP contribution is -2.28. The van der Waals surface area contributed by atoms with Crippen molar-refractivity contribution >= 4 is 17.4 Å². The number of esters is 1. The second-order valence-electron chi connectivity index (χ2n) is 5.47. The summed E-state index contributed by atoms with van der Waals surface area (Å²) in [6.07, 6.45) is 0. The maximum Gasteiger partial charge on any atom is 0.337 e. The Morgan fingerprint density at radius 3 is 2.83 bits per heavy atom. The number of hydrogen-bond acceptors (Lipinski definition) is 6. The van der Waals surface area contributed by atoms with Crippen LogP contribution >= 0.6 is 0 Å². The number of dihydropyridines is 1. The molecular formula is C16H14N2O5. The summed E-state index contributed by atoms with van der Waals surface area (Å²) in [5, 5.41) is 14.1. The van der Waals surface area contributed by atoms with Gasteiger partial charge >= 0.3 is 5.97 Å². The Balaban J connectivity index is 2.20. The molecule has 1 atom stereocenters. The number of cyclic esters (lactones) is 1. The van der Waals surface area contributed by atoms with Crippen LogP contribution in [-0.4, -0.2) is 23.3 Å². The molecule has 2 aliphatic rings. The number of nitro benzene ring substituents is 1. The van der Waals surface area contributed by atoms with Crippen LogP contribution in [0.1, 0.15) is 25.3 Å². The number of ketones is 1. The number of hydrogen-bond donors (Lipinski definition) is 1. The molecule has 1 N–H and O–H groups in total. The first-order chi connectivity index (χ1) is 10.9. The summed E-state index contributed by atoms with van der Waals surface area (Å²) in [6, 6.07) is 5.98. The number of nitrogens with zero attached hydrogens (tertiary/aromatic N) is 1. The van der Waals surface area contributed by atoms with Gasteiger partial charge in [0.2, 0.25) is 0 Å². The predicted octanol–water partition coefficient (Wildman–Crippen LogP) is 1.96. The van der Waals surface area contributed by atoms with Crippen molar-refractivity contribution in [3.05, 3.63) is 62.5 Å². The number of non-ortho nitro benzene ring substituents is 1. The molecule has 23 heavy (non-hydrogen) atoms. The summed E-state index contributed by atoms with van der Waals surface area (Å²) in [7, 11) is 0. The van der Waals surface area contributed by atoms with Crippen LogP contribution in [0.15, 0.2) is 46.8 Å². The fourth-order valence-corrected chi connectivity index (χ4v) is 3.08. The molecule has 1 unspecified atom stereocenters. The van der Waals surface area contributed by atoms with Crippen LogP contribution in [0, 0.1) is 10.1 Å². The molecule has 3 rings (SSSR count). The smallest absolute Gasteiger partial charge is 0.337 e. The van der Waals surface area contributed by atoms with Gasteiger partial charge in [-0.3, -0.25) is 14.9 Å². The second kappa shape index (κ2) is 5.35. The van der Waals surface area contributed by atoms with Gasteiger partial charge in [0.05, 0.1) is 16.2 Å². The van der Waals surface area contributed by atoms with Crippen LogP contribution in [0.25, 0.3) is 0 Å². The van der Waals surface area contributed by atoms with E-state index in [2.05, 4.69) is 5.32 Å². The van der Waals surface area contributed by atoms with Crippen molar-refractivity contribution in [3.63, 3.8) is 0 Å². The van der Waals surface area contributed by atoms with Gasteiger partial charge in [0.15, 0.2) is 5.78 Å². The maximum absolute atomic E-state index is 12.1. The van der Waals surface area contributed by atoms with Crippen LogP contribution in [0.3, 0.4) is 0 Å². The zero-order chi connectivity index (χ0) is 16.7. The Hall–Kier alpha value is -2.96. The quantitative estimate of drug-likeness (QED) is 0.520. The Morgan fingerprint density at radius 2 is 2.17 bits per heavy atom. The van der Waals surface area contributed by atoms with E-state index in [-0.39, 0.29) is 18.1 Å². The number of nitrogens with one attached hydrogen (secondary N) is 1. The molecular weight excluding hydrogens is 300 g/mol. The SMILES string of the molecule is CC(=O)C1=C(C)NC2=C(C(=O)OC2)C1c1cccc([N+](=O)[O-])c1. The first kappa shape index (κ1) is 15.0. The number of benzene rings is 1. The van der Waals surface area contributed by atoms with Gasteiger partial charge in [0.1, 0.15) is 6.61 Å². The van der Waals surface area contributed by atoms with Gasteiger partial charge in [-0.1, -0.05) is 12.1 Å². The van der Waals surface area contributed by atoms with Gasteiger partial charge in [-0.2, -0.15) is 0 Å². The number of nitro groups is 1. The van der Waals surface area contributed by atoms with Crippen LogP contribution < -0.4 is 5.32 Å². The Labute approximate surface area is 131 Å². The number of Topliss-reactive ketones (excluding diaryl/α,β-unsaturated/α-hetero) is 1. The third kappa shape index (κ3) is 2.40. The molecule has 0 amide bonds. The Kier molecular flexibility index (Phi) is 3.48. The molecule has 0 aromatic heterocycles. The highest BCUT2D eigenvalue weighted by atomic mass is 16.6. The monoisotopic (exact) mass is 314 g/mol. The number of rotatable bonds is 3. The average Bonchev–Trinajstić information content (AvgIpc) is 2.86. The highest BCUT2D eigenvalue weighted by molar-refractivity contribution is 6.03. The van der Waals surface area contributed by atoms with Crippen molar-refractivity contribution in [2.45, 2.75) is 19.8 Å². The zero-order valence-corrected chi connectivity index (χ0v) is 12.6. The summed E-state index contributed by atoms with van der Waals surface area (Å²) in [5.74, 6) is -1.35. The summed E-state index contributed by atoms with van der Waals surface area (Å²) in [5.41, 5.74) is 2.44. The molecule has 118 valence electrons. The van der Waals surface area contributed by atoms with Crippen molar-refractivity contribution < 1.29 is 19.2 Å². The van der Waals surface area contributed by atoms with E-state index in [1.807, 2.05) is 0 Å². The first-order valence-corrected chi connectivity index (χ1v) is 7.03. The van der Waals surface area contributed by atoms with Gasteiger partial charge in [0.25, 0.3) is 5.69 Å². The minimum Gasteiger partial charge on any atom is -0.456 e. The van der Waals surface area contributed by atoms with E-state index < -0.39 is 16.8 Å². The first-order valence-electron chi connectivity index (χ1n) is 7.03. The number of carbonyl (C=O) groups is 2. The number of carbonyl (C=O) groups excluding carboxylic acids is 2. The van der Waals surface area contributed by atoms with Crippen LogP contribution in [0.2, 0.25) is 0 Å². The fraction of sp³-hybridized carbons (Fsp3) is 0.250. The molecule has 0 radical (unpaired) electrons. The fourth-order valence-electron chi connectivity index (χ4n) is 3.08. The average molecular weight is 314 g/mol. The van der Waals surface area contributed by atoms with Gasteiger partial charge in [-0.05, 0) is 19.4 Å². The third-order valence-corrected chi connectivity index (χ3v) is 4.01. The molecule has 0 spiro atoms. The molecule has 0 bridgehead atoms. The van der Waals surface area contributed by atoms with Crippen LogP contribution in [-0.2, 0) is 14.3 Å². The molecule has 1 aromatic rings. The lowest BCUT2D eigenvalue weighted by molar-refractivity contribution is -0.384. The lowest BCUT2D eigenvalue weighted by Gasteiger charge is -2.27. The van der Waals surface area contributed by atoms with Crippen molar-refractivity contribution in [2.75, 3.05) is 6.61 Å². The van der Waals surface area contributed by atoms with E-state index in [0.29, 0.717) is 28.1 Å². The van der Waals surface area contributed by atoms with E-state index in [1.54, 1.807) is 19.1 Å². The maximum atomic E-state index is 12.1. The van der Waals surface area contributed by atoms with E-state index >= 15 is 0 Å². The normalized spacial score (nSPS) is 20.1. The molecule has 0 saturated heterocycles. The minimum absolute atomic E-state index is 0.0879. The van der Waals surface area contributed by atoms with Gasteiger partial charge in [-0.15, -0.1) is 0 Å². The number of ether oxygens (including phenoxy) is 1. The zero-order valence-electron chi connectivity index (χ0n) is 12.6. The summed E-state index contributed by atoms with van der Waals surface area (Å²) < 4.78 is 5.06. The van der Waals surface area contributed by atoms with E-state index in [9.17, 15) is 19.7 Å². The molecule has 7 heteroatoms. The number of allylic oxidation sites excluding steroid dienone is 2. The lowest BCUT2D eigenvalue weighted by atomic mass is 9.79. The minimum atomic E-state index is -0.654. The molecule has 7 nitrogen and oxygen atoms in total. The molecule has 1 aromatic carbocycles. The third-order valence-electron chi connectivity index (χ3n) is 4.01.